The first-order valence-electron chi connectivity index (χ1n) is 4.66. The van der Waals surface area contributed by atoms with Crippen LogP contribution in [0.5, 0.6) is 0 Å². The van der Waals surface area contributed by atoms with Crippen LogP contribution in [0.3, 0.4) is 0 Å². The number of aromatic nitrogens is 2. The molecule has 15 heavy (non-hydrogen) atoms. The Bertz CT molecular complexity index is 657. The fraction of sp³-hybridized carbons (Fsp3) is 0.200. The van der Waals surface area contributed by atoms with Crippen LogP contribution in [0.2, 0.25) is 0 Å². The lowest BCUT2D eigenvalue weighted by molar-refractivity contribution is 0.738. The SMILES string of the molecule is O=c1[nH]c2cccc3c2n(c1=O)CCS3. The van der Waals surface area contributed by atoms with Gasteiger partial charge in [0.1, 0.15) is 0 Å². The van der Waals surface area contributed by atoms with E-state index in [0.717, 1.165) is 21.7 Å². The largest absolute Gasteiger partial charge is 0.316 e. The smallest absolute Gasteiger partial charge is 0.316 e. The molecule has 0 bridgehead atoms. The Kier molecular flexibility index (Phi) is 1.76. The molecule has 0 atom stereocenters. The Morgan fingerprint density at radius 3 is 3.07 bits per heavy atom. The van der Waals surface area contributed by atoms with Gasteiger partial charge < -0.3 is 9.55 Å². The van der Waals surface area contributed by atoms with Gasteiger partial charge in [0.25, 0.3) is 0 Å². The van der Waals surface area contributed by atoms with E-state index in [0.29, 0.717) is 6.54 Å². The van der Waals surface area contributed by atoms with Gasteiger partial charge in [0.2, 0.25) is 0 Å². The van der Waals surface area contributed by atoms with Crippen molar-refractivity contribution in [3.63, 3.8) is 0 Å². The Morgan fingerprint density at radius 2 is 2.20 bits per heavy atom. The first-order chi connectivity index (χ1) is 7.27. The maximum Gasteiger partial charge on any atom is 0.316 e. The molecule has 1 aromatic carbocycles. The number of nitrogens with one attached hydrogen (secondary N) is 1. The van der Waals surface area contributed by atoms with Gasteiger partial charge in [-0.1, -0.05) is 6.07 Å². The van der Waals surface area contributed by atoms with Crippen LogP contribution in [0.25, 0.3) is 11.0 Å². The van der Waals surface area contributed by atoms with Crippen LogP contribution in [0.15, 0.2) is 32.7 Å². The van der Waals surface area contributed by atoms with Crippen LogP contribution in [0, 0.1) is 0 Å². The second-order valence-corrected chi connectivity index (χ2v) is 4.55. The molecule has 0 saturated heterocycles. The Labute approximate surface area is 88.9 Å². The molecule has 0 radical (unpaired) electrons. The van der Waals surface area contributed by atoms with Gasteiger partial charge in [-0.3, -0.25) is 9.59 Å². The topological polar surface area (TPSA) is 54.9 Å². The Morgan fingerprint density at radius 1 is 1.33 bits per heavy atom. The zero-order chi connectivity index (χ0) is 10.4. The molecule has 0 aliphatic carbocycles. The maximum absolute atomic E-state index is 11.6. The summed E-state index contributed by atoms with van der Waals surface area (Å²) in [4.78, 5) is 26.6. The normalized spacial score (nSPS) is 14.4. The molecular formula is C10H8N2O2S. The van der Waals surface area contributed by atoms with Crippen molar-refractivity contribution < 1.29 is 0 Å². The van der Waals surface area contributed by atoms with E-state index in [-0.39, 0.29) is 0 Å². The summed E-state index contributed by atoms with van der Waals surface area (Å²) in [5.74, 6) is 0.843. The molecule has 2 heterocycles. The summed E-state index contributed by atoms with van der Waals surface area (Å²) in [6, 6.07) is 5.68. The highest BCUT2D eigenvalue weighted by molar-refractivity contribution is 7.99. The third-order valence-electron chi connectivity index (χ3n) is 2.53. The van der Waals surface area contributed by atoms with Crippen LogP contribution in [-0.4, -0.2) is 15.3 Å². The van der Waals surface area contributed by atoms with Crippen molar-refractivity contribution in [3.8, 4) is 0 Å². The summed E-state index contributed by atoms with van der Waals surface area (Å²) in [5, 5.41) is 0. The van der Waals surface area contributed by atoms with E-state index in [1.165, 1.54) is 0 Å². The molecule has 5 heteroatoms. The molecule has 2 aromatic rings. The second-order valence-electron chi connectivity index (χ2n) is 3.41. The zero-order valence-electron chi connectivity index (χ0n) is 7.82. The summed E-state index contributed by atoms with van der Waals surface area (Å²) in [6.45, 7) is 0.612. The van der Waals surface area contributed by atoms with E-state index in [9.17, 15) is 9.59 Å². The summed E-state index contributed by atoms with van der Waals surface area (Å²) >= 11 is 1.71. The number of aryl methyl sites for hydroxylation is 1. The molecular weight excluding hydrogens is 212 g/mol. The fourth-order valence-electron chi connectivity index (χ4n) is 1.88. The quantitative estimate of drug-likeness (QED) is 0.668. The van der Waals surface area contributed by atoms with Crippen molar-refractivity contribution in [1.82, 2.24) is 9.55 Å². The molecule has 3 rings (SSSR count). The predicted octanol–water partition coefficient (Wildman–Crippen LogP) is 0.795. The number of hydrogen-bond donors (Lipinski definition) is 1. The number of aromatic amines is 1. The van der Waals surface area contributed by atoms with Crippen molar-refractivity contribution >= 4 is 22.8 Å². The second kappa shape index (κ2) is 3.00. The molecule has 4 nitrogen and oxygen atoms in total. The number of nitrogens with zero attached hydrogens (tertiary/aromatic N) is 1. The predicted molar refractivity (Wildman–Crippen MR) is 59.6 cm³/mol. The summed E-state index contributed by atoms with van der Waals surface area (Å²) in [6.07, 6.45) is 0. The Balaban J connectivity index is 2.63. The third kappa shape index (κ3) is 1.16. The highest BCUT2D eigenvalue weighted by Crippen LogP contribution is 2.29. The van der Waals surface area contributed by atoms with Crippen molar-refractivity contribution in [2.24, 2.45) is 0 Å². The van der Waals surface area contributed by atoms with Crippen LogP contribution in [0.4, 0.5) is 0 Å². The molecule has 76 valence electrons. The minimum Gasteiger partial charge on any atom is -0.316 e. The van der Waals surface area contributed by atoms with Gasteiger partial charge in [0.15, 0.2) is 0 Å². The maximum atomic E-state index is 11.6. The minimum absolute atomic E-state index is 0.449. The number of H-pyrrole nitrogens is 1. The molecule has 0 unspecified atom stereocenters. The summed E-state index contributed by atoms with van der Waals surface area (Å²) < 4.78 is 1.57. The van der Waals surface area contributed by atoms with E-state index in [1.54, 1.807) is 16.3 Å². The lowest BCUT2D eigenvalue weighted by Crippen LogP contribution is -2.37. The van der Waals surface area contributed by atoms with Gasteiger partial charge in [-0.2, -0.15) is 0 Å². The van der Waals surface area contributed by atoms with Gasteiger partial charge >= 0.3 is 11.1 Å². The van der Waals surface area contributed by atoms with Crippen molar-refractivity contribution in [2.45, 2.75) is 11.4 Å². The van der Waals surface area contributed by atoms with E-state index in [1.807, 2.05) is 18.2 Å². The number of rotatable bonds is 0. The zero-order valence-corrected chi connectivity index (χ0v) is 8.63. The van der Waals surface area contributed by atoms with Crippen LogP contribution in [0.1, 0.15) is 0 Å². The highest BCUT2D eigenvalue weighted by Gasteiger charge is 2.15. The van der Waals surface area contributed by atoms with E-state index >= 15 is 0 Å². The molecule has 0 fully saturated rings. The number of benzene rings is 1. The Hall–Kier alpha value is -1.49. The van der Waals surface area contributed by atoms with Crippen molar-refractivity contribution in [3.05, 3.63) is 38.9 Å². The first-order valence-corrected chi connectivity index (χ1v) is 5.64. The highest BCUT2D eigenvalue weighted by atomic mass is 32.2. The summed E-state index contributed by atoms with van der Waals surface area (Å²) in [5.41, 5.74) is 0.615. The number of hydrogen-bond acceptors (Lipinski definition) is 3. The van der Waals surface area contributed by atoms with Crippen LogP contribution in [-0.2, 0) is 6.54 Å². The minimum atomic E-state index is -0.536. The lowest BCUT2D eigenvalue weighted by Gasteiger charge is -2.17. The summed E-state index contributed by atoms with van der Waals surface area (Å²) in [7, 11) is 0. The van der Waals surface area contributed by atoms with Gasteiger partial charge in [-0.15, -0.1) is 11.8 Å². The van der Waals surface area contributed by atoms with Gasteiger partial charge in [-0.25, -0.2) is 0 Å². The van der Waals surface area contributed by atoms with E-state index in [4.69, 9.17) is 0 Å². The molecule has 1 aromatic heterocycles. The monoisotopic (exact) mass is 220 g/mol. The standard InChI is InChI=1S/C10H8N2O2S/c13-9-10(14)12-4-5-15-7-3-1-2-6(11-9)8(7)12/h1-3H,4-5H2,(H,11,13). The fourth-order valence-corrected chi connectivity index (χ4v) is 2.90. The molecule has 0 amide bonds. The number of thioether (sulfide) groups is 1. The lowest BCUT2D eigenvalue weighted by atomic mass is 10.3. The third-order valence-corrected chi connectivity index (χ3v) is 3.56. The van der Waals surface area contributed by atoms with Gasteiger partial charge in [0.05, 0.1) is 11.0 Å². The number of para-hydroxylation sites is 1. The molecule has 0 saturated carbocycles. The average molecular weight is 220 g/mol. The molecule has 1 aliphatic heterocycles. The molecule has 0 spiro atoms. The van der Waals surface area contributed by atoms with E-state index < -0.39 is 11.1 Å². The average Bonchev–Trinajstić information content (AvgIpc) is 2.26. The molecule has 1 aliphatic rings. The van der Waals surface area contributed by atoms with Crippen molar-refractivity contribution in [1.29, 1.82) is 0 Å². The van der Waals surface area contributed by atoms with Gasteiger partial charge in [0, 0.05) is 17.2 Å². The van der Waals surface area contributed by atoms with Gasteiger partial charge in [-0.05, 0) is 12.1 Å². The molecule has 1 N–H and O–H groups in total. The van der Waals surface area contributed by atoms with Crippen molar-refractivity contribution in [2.75, 3.05) is 5.75 Å². The van der Waals surface area contributed by atoms with E-state index in [2.05, 4.69) is 4.98 Å². The van der Waals surface area contributed by atoms with Crippen LogP contribution < -0.4 is 11.1 Å². The first kappa shape index (κ1) is 8.79. The van der Waals surface area contributed by atoms with Crippen LogP contribution >= 0.6 is 11.8 Å².